The van der Waals surface area contributed by atoms with E-state index in [2.05, 4.69) is 85.0 Å². The van der Waals surface area contributed by atoms with Crippen molar-refractivity contribution in [2.45, 2.75) is 121 Å². The van der Waals surface area contributed by atoms with Crippen LogP contribution in [0.15, 0.2) is 84.9 Å². The molecule has 4 aliphatic rings. The van der Waals surface area contributed by atoms with Gasteiger partial charge in [0.05, 0.1) is 59.0 Å². The van der Waals surface area contributed by atoms with Gasteiger partial charge in [0.25, 0.3) is 0 Å². The predicted molar refractivity (Wildman–Crippen MR) is 278 cm³/mol. The monoisotopic (exact) mass is 995 g/mol. The van der Waals surface area contributed by atoms with E-state index in [1.165, 1.54) is 12.7 Å². The van der Waals surface area contributed by atoms with Gasteiger partial charge in [-0.2, -0.15) is 0 Å². The van der Waals surface area contributed by atoms with Gasteiger partial charge in [-0.15, -0.1) is 0 Å². The highest BCUT2D eigenvalue weighted by Crippen LogP contribution is 2.49. The van der Waals surface area contributed by atoms with Crippen molar-refractivity contribution >= 4 is 57.4 Å². The molecule has 4 amide bonds. The Hall–Kier alpha value is -7.17. The summed E-state index contributed by atoms with van der Waals surface area (Å²) in [5.41, 5.74) is 7.98. The van der Waals surface area contributed by atoms with Gasteiger partial charge in [-0.1, -0.05) is 70.2 Å². The Balaban J connectivity index is 0.954. The molecule has 4 aromatic carbocycles. The molecule has 0 aliphatic carbocycles. The van der Waals surface area contributed by atoms with Gasteiger partial charge in [-0.05, 0) is 128 Å². The fourth-order valence-corrected chi connectivity index (χ4v) is 12.1. The summed E-state index contributed by atoms with van der Waals surface area (Å²) in [7, 11) is 1.29. The molecule has 2 aromatic heterocycles. The quantitative estimate of drug-likeness (QED) is 0.0744. The SMILES string of the molecule is COC(=O)N[C@H](C(=O)N1CCC[C@H]1c1nc2cc([C@H]3CC[C@H](c4ccc5[nH]c([C@@H]6CCCN6C(=O)[C@@H](NC(=O)O)C(C)C)nc5c4)N3c3ccc(N4CCC(c5ccccc5)CC4)c(F)c3)ccc2[nH]1)C(C)C. The minimum absolute atomic E-state index is 0.140. The van der Waals surface area contributed by atoms with Crippen LogP contribution < -0.4 is 20.4 Å². The number of nitrogens with zero attached hydrogens (tertiary/aromatic N) is 6. The number of fused-ring (bicyclic) bond motifs is 2. The summed E-state index contributed by atoms with van der Waals surface area (Å²) in [6.07, 6.45) is 4.59. The minimum Gasteiger partial charge on any atom is -0.465 e. The maximum atomic E-state index is 16.8. The number of benzene rings is 4. The summed E-state index contributed by atoms with van der Waals surface area (Å²) >= 11 is 0. The molecule has 0 radical (unpaired) electrons. The molecule has 5 N–H and O–H groups in total. The van der Waals surface area contributed by atoms with Crippen molar-refractivity contribution in [3.63, 3.8) is 0 Å². The maximum Gasteiger partial charge on any atom is 0.407 e. The molecule has 4 aliphatic heterocycles. The van der Waals surface area contributed by atoms with Gasteiger partial charge in [0.2, 0.25) is 11.8 Å². The van der Waals surface area contributed by atoms with Gasteiger partial charge < -0.3 is 50.0 Å². The lowest BCUT2D eigenvalue weighted by Gasteiger charge is -2.36. The van der Waals surface area contributed by atoms with Crippen molar-refractivity contribution in [1.29, 1.82) is 0 Å². The number of hydrogen-bond donors (Lipinski definition) is 5. The van der Waals surface area contributed by atoms with Crippen LogP contribution in [0.4, 0.5) is 25.4 Å². The number of likely N-dealkylation sites (tertiary alicyclic amines) is 2. The van der Waals surface area contributed by atoms with E-state index >= 15 is 4.39 Å². The van der Waals surface area contributed by atoms with Crippen LogP contribution in [0.5, 0.6) is 0 Å². The molecule has 384 valence electrons. The van der Waals surface area contributed by atoms with Gasteiger partial charge in [-0.3, -0.25) is 9.59 Å². The number of amides is 4. The van der Waals surface area contributed by atoms with Crippen molar-refractivity contribution in [2.75, 3.05) is 43.1 Å². The zero-order chi connectivity index (χ0) is 51.1. The number of nitrogens with one attached hydrogen (secondary N) is 4. The number of piperidine rings is 1. The van der Waals surface area contributed by atoms with E-state index in [0.29, 0.717) is 42.8 Å². The summed E-state index contributed by atoms with van der Waals surface area (Å²) in [6, 6.07) is 26.3. The lowest BCUT2D eigenvalue weighted by atomic mass is 9.89. The lowest BCUT2D eigenvalue weighted by Crippen LogP contribution is -2.51. The second-order valence-corrected chi connectivity index (χ2v) is 21.0. The second-order valence-electron chi connectivity index (χ2n) is 21.0. The number of carbonyl (C=O) groups excluding carboxylic acids is 3. The molecule has 4 saturated heterocycles. The number of aromatic nitrogens is 4. The number of carbonyl (C=O) groups is 4. The Kier molecular flexibility index (Phi) is 14.0. The molecular formula is C56H67FN10O6. The third kappa shape index (κ3) is 9.89. The van der Waals surface area contributed by atoms with Crippen LogP contribution in [-0.4, -0.2) is 104 Å². The van der Waals surface area contributed by atoms with Gasteiger partial charge in [0, 0.05) is 31.9 Å². The molecule has 4 fully saturated rings. The van der Waals surface area contributed by atoms with Gasteiger partial charge in [0.15, 0.2) is 0 Å². The zero-order valence-corrected chi connectivity index (χ0v) is 42.3. The molecule has 17 heteroatoms. The first-order chi connectivity index (χ1) is 35.3. The van der Waals surface area contributed by atoms with Crippen molar-refractivity contribution in [3.05, 3.63) is 119 Å². The van der Waals surface area contributed by atoms with Crippen LogP contribution in [0.25, 0.3) is 22.1 Å². The van der Waals surface area contributed by atoms with Crippen LogP contribution in [0.2, 0.25) is 0 Å². The van der Waals surface area contributed by atoms with E-state index in [0.717, 1.165) is 96.9 Å². The number of carboxylic acid groups (broad SMARTS) is 1. The van der Waals surface area contributed by atoms with E-state index in [4.69, 9.17) is 14.7 Å². The first-order valence-electron chi connectivity index (χ1n) is 26.1. The number of aromatic amines is 2. The summed E-state index contributed by atoms with van der Waals surface area (Å²) in [5, 5.41) is 14.7. The number of halogens is 1. The van der Waals surface area contributed by atoms with Gasteiger partial charge in [-0.25, -0.2) is 23.9 Å². The Morgan fingerprint density at radius 2 is 1.18 bits per heavy atom. The highest BCUT2D eigenvalue weighted by atomic mass is 19.1. The molecule has 73 heavy (non-hydrogen) atoms. The number of hydrogen-bond acceptors (Lipinski definition) is 9. The number of H-pyrrole nitrogens is 2. The van der Waals surface area contributed by atoms with E-state index < -0.39 is 24.3 Å². The smallest absolute Gasteiger partial charge is 0.407 e. The molecule has 16 nitrogen and oxygen atoms in total. The molecule has 0 unspecified atom stereocenters. The first-order valence-corrected chi connectivity index (χ1v) is 26.1. The van der Waals surface area contributed by atoms with Crippen LogP contribution in [-0.2, 0) is 14.3 Å². The third-order valence-electron chi connectivity index (χ3n) is 15.8. The predicted octanol–water partition coefficient (Wildman–Crippen LogP) is 10.0. The molecule has 0 saturated carbocycles. The number of methoxy groups -OCH3 is 1. The fourth-order valence-electron chi connectivity index (χ4n) is 12.1. The third-order valence-corrected chi connectivity index (χ3v) is 15.8. The molecule has 6 heterocycles. The molecular weight excluding hydrogens is 928 g/mol. The van der Waals surface area contributed by atoms with E-state index in [9.17, 15) is 24.3 Å². The number of ether oxygens (including phenoxy) is 1. The van der Waals surface area contributed by atoms with E-state index in [1.54, 1.807) is 11.0 Å². The number of anilines is 2. The zero-order valence-electron chi connectivity index (χ0n) is 42.3. The summed E-state index contributed by atoms with van der Waals surface area (Å²) < 4.78 is 21.6. The van der Waals surface area contributed by atoms with Crippen LogP contribution in [0, 0.1) is 17.7 Å². The average Bonchev–Trinajstić information content (AvgIpc) is 4.26. The standard InChI is InChI=1S/C56H67FN10O6/c1-32(2)49(62-55(70)71)53(68)65-25-9-13-47(65)51-58-40-18-15-36(29-42(40)60-51)44-21-22-45(67(44)38-17-20-46(39(57)31-38)64-27-23-35(24-28-64)34-11-7-6-8-12-34)37-16-19-41-43(30-37)61-52(59-41)48-14-10-26-66(48)54(69)50(33(3)4)63-56(72)73-5/h6-8,11-12,15-20,29-33,35,44-45,47-50,62H,9-10,13-14,21-28H2,1-5H3,(H,58,60)(H,59,61)(H,63,72)(H,70,71)/t44-,45-,47+,48+,49+,50+/m1/s1. The normalized spacial score (nSPS) is 21.4. The molecule has 0 spiro atoms. The van der Waals surface area contributed by atoms with Crippen molar-refractivity contribution < 1.29 is 33.4 Å². The highest BCUT2D eigenvalue weighted by molar-refractivity contribution is 5.87. The van der Waals surface area contributed by atoms with Crippen molar-refractivity contribution in [1.82, 2.24) is 40.4 Å². The lowest BCUT2D eigenvalue weighted by molar-refractivity contribution is -0.136. The fraction of sp³-hybridized carbons (Fsp3) is 0.464. The Morgan fingerprint density at radius 3 is 1.67 bits per heavy atom. The van der Waals surface area contributed by atoms with Gasteiger partial charge >= 0.3 is 12.2 Å². The Bertz CT molecular complexity index is 2990. The van der Waals surface area contributed by atoms with Gasteiger partial charge in [0.1, 0.15) is 29.5 Å². The number of imidazole rings is 2. The van der Waals surface area contributed by atoms with E-state index in [1.807, 2.05) is 56.9 Å². The summed E-state index contributed by atoms with van der Waals surface area (Å²) in [6.45, 7) is 10.1. The maximum absolute atomic E-state index is 16.8. The van der Waals surface area contributed by atoms with Crippen molar-refractivity contribution in [2.24, 2.45) is 11.8 Å². The average molecular weight is 995 g/mol. The first kappa shape index (κ1) is 49.4. The topological polar surface area (TPSA) is 192 Å². The van der Waals surface area contributed by atoms with Crippen LogP contribution in [0.1, 0.15) is 137 Å². The van der Waals surface area contributed by atoms with Crippen LogP contribution >= 0.6 is 0 Å². The highest BCUT2D eigenvalue weighted by Gasteiger charge is 2.41. The summed E-state index contributed by atoms with van der Waals surface area (Å²) in [4.78, 5) is 77.0. The molecule has 6 aromatic rings. The largest absolute Gasteiger partial charge is 0.465 e. The minimum atomic E-state index is -1.23. The van der Waals surface area contributed by atoms with Crippen molar-refractivity contribution in [3.8, 4) is 0 Å². The molecule has 0 bridgehead atoms. The summed E-state index contributed by atoms with van der Waals surface area (Å²) in [5.74, 6) is 0.733. The number of alkyl carbamates (subject to hydrolysis) is 1. The number of rotatable bonds is 13. The van der Waals surface area contributed by atoms with Crippen LogP contribution in [0.3, 0.4) is 0 Å². The Morgan fingerprint density at radius 1 is 0.644 bits per heavy atom. The van der Waals surface area contributed by atoms with E-state index in [-0.39, 0.29) is 53.6 Å². The Labute approximate surface area is 425 Å². The second kappa shape index (κ2) is 20.7. The molecule has 6 atom stereocenters. The molecule has 10 rings (SSSR count).